The third-order valence-electron chi connectivity index (χ3n) is 1.97. The van der Waals surface area contributed by atoms with E-state index < -0.39 is 0 Å². The molecule has 0 aliphatic rings. The minimum absolute atomic E-state index is 0.218. The van der Waals surface area contributed by atoms with Crippen molar-refractivity contribution < 1.29 is 0 Å². The van der Waals surface area contributed by atoms with Crippen molar-refractivity contribution in [3.8, 4) is 0 Å². The van der Waals surface area contributed by atoms with Gasteiger partial charge >= 0.3 is 0 Å². The van der Waals surface area contributed by atoms with Crippen LogP contribution >= 0.6 is 11.3 Å². The number of thiophene rings is 1. The van der Waals surface area contributed by atoms with Gasteiger partial charge < -0.3 is 10.7 Å². The van der Waals surface area contributed by atoms with Crippen LogP contribution < -0.4 is 5.73 Å². The van der Waals surface area contributed by atoms with E-state index in [1.54, 1.807) is 17.5 Å². The van der Waals surface area contributed by atoms with Crippen molar-refractivity contribution in [3.05, 3.63) is 40.6 Å². The van der Waals surface area contributed by atoms with Crippen molar-refractivity contribution in [2.45, 2.75) is 5.92 Å². The van der Waals surface area contributed by atoms with Gasteiger partial charge in [0, 0.05) is 23.8 Å². The van der Waals surface area contributed by atoms with E-state index in [4.69, 9.17) is 5.73 Å². The first kappa shape index (κ1) is 8.47. The Hall–Kier alpha value is -1.13. The molecule has 0 radical (unpaired) electrons. The molecule has 1 unspecified atom stereocenters. The molecule has 2 aromatic rings. The average molecular weight is 193 g/mol. The van der Waals surface area contributed by atoms with E-state index in [9.17, 15) is 0 Å². The normalized spacial score (nSPS) is 13.0. The Kier molecular flexibility index (Phi) is 2.42. The van der Waals surface area contributed by atoms with E-state index in [1.807, 2.05) is 12.3 Å². The molecular formula is C9H11N3S. The zero-order chi connectivity index (χ0) is 9.10. The molecule has 0 bridgehead atoms. The van der Waals surface area contributed by atoms with Gasteiger partial charge in [0.15, 0.2) is 0 Å². The van der Waals surface area contributed by atoms with Crippen LogP contribution in [0.1, 0.15) is 16.6 Å². The van der Waals surface area contributed by atoms with E-state index >= 15 is 0 Å². The number of aromatic nitrogens is 2. The number of imidazole rings is 1. The largest absolute Gasteiger partial charge is 0.348 e. The number of nitrogens with one attached hydrogen (secondary N) is 1. The third kappa shape index (κ3) is 1.64. The van der Waals surface area contributed by atoms with Crippen molar-refractivity contribution in [2.75, 3.05) is 6.54 Å². The molecule has 3 N–H and O–H groups in total. The summed E-state index contributed by atoms with van der Waals surface area (Å²) in [5, 5.41) is 2.06. The molecule has 0 aromatic carbocycles. The van der Waals surface area contributed by atoms with Crippen LogP contribution in [-0.2, 0) is 0 Å². The summed E-state index contributed by atoms with van der Waals surface area (Å²) < 4.78 is 0. The number of rotatable bonds is 3. The highest BCUT2D eigenvalue weighted by atomic mass is 32.1. The summed E-state index contributed by atoms with van der Waals surface area (Å²) in [7, 11) is 0. The lowest BCUT2D eigenvalue weighted by atomic mass is 10.1. The summed E-state index contributed by atoms with van der Waals surface area (Å²) in [4.78, 5) is 8.57. The number of hydrogen-bond acceptors (Lipinski definition) is 3. The van der Waals surface area contributed by atoms with Crippen molar-refractivity contribution in [1.82, 2.24) is 9.97 Å². The molecule has 4 heteroatoms. The highest BCUT2D eigenvalue weighted by Gasteiger charge is 2.14. The lowest BCUT2D eigenvalue weighted by Crippen LogP contribution is -2.13. The molecule has 0 aliphatic heterocycles. The Morgan fingerprint density at radius 1 is 1.62 bits per heavy atom. The lowest BCUT2D eigenvalue weighted by Gasteiger charge is -2.08. The minimum Gasteiger partial charge on any atom is -0.348 e. The summed E-state index contributed by atoms with van der Waals surface area (Å²) in [6.45, 7) is 0.591. The molecule has 0 spiro atoms. The Morgan fingerprint density at radius 3 is 3.08 bits per heavy atom. The first-order chi connectivity index (χ1) is 6.42. The van der Waals surface area contributed by atoms with Gasteiger partial charge in [-0.2, -0.15) is 0 Å². The molecule has 13 heavy (non-hydrogen) atoms. The Morgan fingerprint density at radius 2 is 2.54 bits per heavy atom. The van der Waals surface area contributed by atoms with Crippen LogP contribution in [0.15, 0.2) is 29.9 Å². The van der Waals surface area contributed by atoms with Gasteiger partial charge in [0.2, 0.25) is 0 Å². The van der Waals surface area contributed by atoms with Gasteiger partial charge in [-0.15, -0.1) is 11.3 Å². The number of H-pyrrole nitrogens is 1. The highest BCUT2D eigenvalue weighted by Crippen LogP contribution is 2.24. The zero-order valence-electron chi connectivity index (χ0n) is 7.10. The van der Waals surface area contributed by atoms with Gasteiger partial charge in [0.25, 0.3) is 0 Å². The van der Waals surface area contributed by atoms with Gasteiger partial charge in [0.1, 0.15) is 5.82 Å². The highest BCUT2D eigenvalue weighted by molar-refractivity contribution is 7.10. The van der Waals surface area contributed by atoms with E-state index in [1.165, 1.54) is 4.88 Å². The summed E-state index contributed by atoms with van der Waals surface area (Å²) in [6, 6.07) is 4.12. The maximum atomic E-state index is 5.70. The van der Waals surface area contributed by atoms with Gasteiger partial charge in [-0.3, -0.25) is 0 Å². The van der Waals surface area contributed by atoms with Crippen molar-refractivity contribution >= 4 is 11.3 Å². The quantitative estimate of drug-likeness (QED) is 0.777. The minimum atomic E-state index is 0.218. The average Bonchev–Trinajstić information content (AvgIpc) is 2.76. The van der Waals surface area contributed by atoms with Crippen LogP contribution in [0, 0.1) is 0 Å². The lowest BCUT2D eigenvalue weighted by molar-refractivity contribution is 0.778. The molecule has 2 aromatic heterocycles. The molecule has 0 aliphatic carbocycles. The van der Waals surface area contributed by atoms with E-state index in [0.29, 0.717) is 6.54 Å². The SMILES string of the molecule is NCC(c1ncc[nH]1)c1cccs1. The fraction of sp³-hybridized carbons (Fsp3) is 0.222. The fourth-order valence-electron chi connectivity index (χ4n) is 1.32. The maximum absolute atomic E-state index is 5.70. The van der Waals surface area contributed by atoms with Gasteiger partial charge in [-0.05, 0) is 11.4 Å². The smallest absolute Gasteiger partial charge is 0.115 e. The first-order valence-electron chi connectivity index (χ1n) is 4.14. The van der Waals surface area contributed by atoms with Gasteiger partial charge in [-0.25, -0.2) is 4.98 Å². The van der Waals surface area contributed by atoms with Crippen LogP contribution in [0.2, 0.25) is 0 Å². The van der Waals surface area contributed by atoms with Crippen LogP contribution in [0.25, 0.3) is 0 Å². The molecule has 2 rings (SSSR count). The first-order valence-corrected chi connectivity index (χ1v) is 5.02. The molecule has 0 saturated carbocycles. The van der Waals surface area contributed by atoms with Gasteiger partial charge in [0.05, 0.1) is 5.92 Å². The Balaban J connectivity index is 2.29. The molecule has 3 nitrogen and oxygen atoms in total. The molecule has 0 amide bonds. The second-order valence-electron chi connectivity index (χ2n) is 2.78. The second kappa shape index (κ2) is 3.72. The number of hydrogen-bond donors (Lipinski definition) is 2. The Bertz CT molecular complexity index is 305. The number of nitrogens with two attached hydrogens (primary N) is 1. The second-order valence-corrected chi connectivity index (χ2v) is 3.76. The molecule has 68 valence electrons. The number of aromatic amines is 1. The predicted molar refractivity (Wildman–Crippen MR) is 53.8 cm³/mol. The maximum Gasteiger partial charge on any atom is 0.115 e. The fourth-order valence-corrected chi connectivity index (χ4v) is 2.16. The monoisotopic (exact) mass is 193 g/mol. The van der Waals surface area contributed by atoms with Gasteiger partial charge in [-0.1, -0.05) is 6.07 Å². The van der Waals surface area contributed by atoms with Crippen LogP contribution in [-0.4, -0.2) is 16.5 Å². The summed E-state index contributed by atoms with van der Waals surface area (Å²) in [6.07, 6.45) is 3.58. The zero-order valence-corrected chi connectivity index (χ0v) is 7.92. The molecule has 2 heterocycles. The Labute approximate surface area is 80.6 Å². The molecule has 0 fully saturated rings. The number of nitrogens with zero attached hydrogens (tertiary/aromatic N) is 1. The molecule has 1 atom stereocenters. The van der Waals surface area contributed by atoms with Crippen molar-refractivity contribution in [1.29, 1.82) is 0 Å². The van der Waals surface area contributed by atoms with Crippen LogP contribution in [0.4, 0.5) is 0 Å². The van der Waals surface area contributed by atoms with E-state index in [2.05, 4.69) is 21.4 Å². The summed E-state index contributed by atoms with van der Waals surface area (Å²) in [5.74, 6) is 1.17. The molecular weight excluding hydrogens is 182 g/mol. The van der Waals surface area contributed by atoms with E-state index in [-0.39, 0.29) is 5.92 Å². The standard InChI is InChI=1S/C9H11N3S/c10-6-7(8-2-1-5-13-8)9-11-3-4-12-9/h1-5,7H,6,10H2,(H,11,12). The van der Waals surface area contributed by atoms with Crippen LogP contribution in [0.5, 0.6) is 0 Å². The van der Waals surface area contributed by atoms with Crippen LogP contribution in [0.3, 0.4) is 0 Å². The topological polar surface area (TPSA) is 54.7 Å². The molecule has 0 saturated heterocycles. The van der Waals surface area contributed by atoms with Crippen molar-refractivity contribution in [2.24, 2.45) is 5.73 Å². The third-order valence-corrected chi connectivity index (χ3v) is 2.96. The summed E-state index contributed by atoms with van der Waals surface area (Å²) >= 11 is 1.71. The van der Waals surface area contributed by atoms with E-state index in [0.717, 1.165) is 5.82 Å². The summed E-state index contributed by atoms with van der Waals surface area (Å²) in [5.41, 5.74) is 5.70. The predicted octanol–water partition coefficient (Wildman–Crippen LogP) is 1.56. The van der Waals surface area contributed by atoms with Crippen molar-refractivity contribution in [3.63, 3.8) is 0 Å².